The molecule has 1 aliphatic heterocycles. The average molecular weight is 394 g/mol. The third-order valence-corrected chi connectivity index (χ3v) is 5.86. The minimum atomic E-state index is -0.125. The molecule has 5 rings (SSSR count). The summed E-state index contributed by atoms with van der Waals surface area (Å²) < 4.78 is 0. The van der Waals surface area contributed by atoms with Gasteiger partial charge in [-0.3, -0.25) is 9.59 Å². The molecule has 4 aromatic rings. The van der Waals surface area contributed by atoms with E-state index in [1.54, 1.807) is 24.3 Å². The Morgan fingerprint density at radius 2 is 1.63 bits per heavy atom. The van der Waals surface area contributed by atoms with Crippen molar-refractivity contribution in [2.45, 2.75) is 19.9 Å². The summed E-state index contributed by atoms with van der Waals surface area (Å²) in [5.41, 5.74) is 6.20. The lowest BCUT2D eigenvalue weighted by Gasteiger charge is -2.28. The Balaban J connectivity index is 1.49. The summed E-state index contributed by atoms with van der Waals surface area (Å²) in [6, 6.07) is 22.6. The summed E-state index contributed by atoms with van der Waals surface area (Å²) in [5, 5.41) is 1.18. The Labute approximate surface area is 175 Å². The zero-order chi connectivity index (χ0) is 20.7. The number of hydrogen-bond donors (Lipinski definition) is 1. The molecule has 0 unspecified atom stereocenters. The number of nitrogens with zero attached hydrogens (tertiary/aromatic N) is 1. The van der Waals surface area contributed by atoms with Crippen LogP contribution in [0.4, 0.5) is 0 Å². The van der Waals surface area contributed by atoms with Crippen LogP contribution in [0.5, 0.6) is 0 Å². The van der Waals surface area contributed by atoms with Crippen molar-refractivity contribution in [3.63, 3.8) is 0 Å². The van der Waals surface area contributed by atoms with Gasteiger partial charge in [0, 0.05) is 52.8 Å². The van der Waals surface area contributed by atoms with E-state index >= 15 is 0 Å². The predicted molar refractivity (Wildman–Crippen MR) is 118 cm³/mol. The molecule has 2 heterocycles. The first-order valence-electron chi connectivity index (χ1n) is 10.2. The Hall–Kier alpha value is -3.66. The number of H-pyrrole nitrogens is 1. The van der Waals surface area contributed by atoms with Gasteiger partial charge in [0.1, 0.15) is 0 Å². The smallest absolute Gasteiger partial charge is 0.254 e. The quantitative estimate of drug-likeness (QED) is 0.502. The van der Waals surface area contributed by atoms with Crippen LogP contribution in [0.15, 0.2) is 72.8 Å². The van der Waals surface area contributed by atoms with Gasteiger partial charge in [-0.05, 0) is 25.1 Å². The van der Waals surface area contributed by atoms with Crippen molar-refractivity contribution < 1.29 is 9.59 Å². The fourth-order valence-electron chi connectivity index (χ4n) is 4.28. The van der Waals surface area contributed by atoms with Gasteiger partial charge in [0.25, 0.3) is 5.91 Å². The molecule has 0 bridgehead atoms. The van der Waals surface area contributed by atoms with E-state index in [9.17, 15) is 9.59 Å². The van der Waals surface area contributed by atoms with Crippen LogP contribution in [-0.4, -0.2) is 28.1 Å². The van der Waals surface area contributed by atoms with Gasteiger partial charge in [-0.15, -0.1) is 0 Å². The molecule has 1 aromatic heterocycles. The number of rotatable bonds is 3. The van der Waals surface area contributed by atoms with E-state index in [2.05, 4.69) is 30.1 Å². The van der Waals surface area contributed by atoms with Crippen LogP contribution in [0.3, 0.4) is 0 Å². The zero-order valence-electron chi connectivity index (χ0n) is 16.8. The van der Waals surface area contributed by atoms with Gasteiger partial charge >= 0.3 is 0 Å². The molecule has 1 amide bonds. The van der Waals surface area contributed by atoms with Crippen molar-refractivity contribution >= 4 is 22.6 Å². The molecule has 4 nitrogen and oxygen atoms in total. The Kier molecular flexibility index (Phi) is 4.47. The van der Waals surface area contributed by atoms with E-state index < -0.39 is 0 Å². The van der Waals surface area contributed by atoms with Crippen molar-refractivity contribution in [2.75, 3.05) is 6.54 Å². The maximum absolute atomic E-state index is 13.5. The molecular formula is C26H22N2O2. The van der Waals surface area contributed by atoms with E-state index in [4.69, 9.17) is 0 Å². The molecule has 0 spiro atoms. The molecule has 0 saturated carbocycles. The van der Waals surface area contributed by atoms with Gasteiger partial charge in [-0.1, -0.05) is 60.2 Å². The van der Waals surface area contributed by atoms with Crippen molar-refractivity contribution in [2.24, 2.45) is 0 Å². The van der Waals surface area contributed by atoms with Crippen LogP contribution in [0, 0.1) is 6.92 Å². The second kappa shape index (κ2) is 7.30. The molecular weight excluding hydrogens is 372 g/mol. The van der Waals surface area contributed by atoms with Crippen molar-refractivity contribution in [1.29, 1.82) is 0 Å². The topological polar surface area (TPSA) is 53.2 Å². The molecule has 0 atom stereocenters. The first kappa shape index (κ1) is 18.4. The maximum Gasteiger partial charge on any atom is 0.254 e. The predicted octanol–water partition coefficient (Wildman–Crippen LogP) is 4.91. The van der Waals surface area contributed by atoms with Crippen LogP contribution >= 0.6 is 0 Å². The minimum absolute atomic E-state index is 0.0949. The largest absolute Gasteiger partial charge is 0.358 e. The number of carbonyl (C=O) groups excluding carboxylic acids is 2. The second-order valence-electron chi connectivity index (χ2n) is 7.85. The fourth-order valence-corrected chi connectivity index (χ4v) is 4.28. The summed E-state index contributed by atoms with van der Waals surface area (Å²) in [6.07, 6.45) is 0.781. The Morgan fingerprint density at radius 3 is 2.43 bits per heavy atom. The third kappa shape index (κ3) is 3.11. The number of amides is 1. The number of ketones is 1. The molecule has 3 aromatic carbocycles. The normalized spacial score (nSPS) is 13.3. The van der Waals surface area contributed by atoms with Crippen LogP contribution in [0.1, 0.15) is 43.1 Å². The molecule has 0 radical (unpaired) electrons. The highest BCUT2D eigenvalue weighted by molar-refractivity contribution is 6.15. The average Bonchev–Trinajstić information content (AvgIpc) is 3.15. The van der Waals surface area contributed by atoms with E-state index in [0.717, 1.165) is 11.9 Å². The lowest BCUT2D eigenvalue weighted by molar-refractivity contribution is 0.0731. The van der Waals surface area contributed by atoms with E-state index in [1.807, 2.05) is 35.2 Å². The number of fused-ring (bicyclic) bond motifs is 3. The van der Waals surface area contributed by atoms with Crippen LogP contribution in [0.25, 0.3) is 10.9 Å². The highest BCUT2D eigenvalue weighted by atomic mass is 16.2. The summed E-state index contributed by atoms with van der Waals surface area (Å²) in [5.74, 6) is -0.220. The van der Waals surface area contributed by atoms with Gasteiger partial charge < -0.3 is 9.88 Å². The van der Waals surface area contributed by atoms with Crippen LogP contribution in [0.2, 0.25) is 0 Å². The number of aryl methyl sites for hydroxylation is 1. The van der Waals surface area contributed by atoms with Gasteiger partial charge in [-0.2, -0.15) is 0 Å². The number of benzene rings is 3. The van der Waals surface area contributed by atoms with Crippen LogP contribution in [-0.2, 0) is 13.0 Å². The number of carbonyl (C=O) groups is 2. The Bertz CT molecular complexity index is 1270. The molecule has 148 valence electrons. The fraction of sp³-hybridized carbons (Fsp3) is 0.154. The lowest BCUT2D eigenvalue weighted by Crippen LogP contribution is -2.36. The molecule has 1 N–H and O–H groups in total. The summed E-state index contributed by atoms with van der Waals surface area (Å²) in [4.78, 5) is 31.9. The van der Waals surface area contributed by atoms with E-state index in [0.29, 0.717) is 29.8 Å². The molecule has 0 fully saturated rings. The Morgan fingerprint density at radius 1 is 0.900 bits per heavy atom. The standard InChI is InChI=1S/C26H22N2O2/c1-17-11-12-23-21(15-17)22-16-28(14-13-24(22)27-23)26(30)20-10-6-5-9-19(20)25(29)18-7-3-2-4-8-18/h2-12,15,27H,13-14,16H2,1H3. The summed E-state index contributed by atoms with van der Waals surface area (Å²) in [7, 11) is 0. The first-order valence-corrected chi connectivity index (χ1v) is 10.2. The number of aromatic amines is 1. The van der Waals surface area contributed by atoms with E-state index in [-0.39, 0.29) is 11.7 Å². The molecule has 4 heteroatoms. The number of aromatic nitrogens is 1. The van der Waals surface area contributed by atoms with Gasteiger partial charge in [0.15, 0.2) is 5.78 Å². The first-order chi connectivity index (χ1) is 14.6. The number of nitrogens with one attached hydrogen (secondary N) is 1. The number of hydrogen-bond acceptors (Lipinski definition) is 2. The van der Waals surface area contributed by atoms with Crippen molar-refractivity contribution in [3.8, 4) is 0 Å². The minimum Gasteiger partial charge on any atom is -0.358 e. The van der Waals surface area contributed by atoms with E-state index in [1.165, 1.54) is 22.2 Å². The third-order valence-electron chi connectivity index (χ3n) is 5.86. The molecule has 0 saturated heterocycles. The second-order valence-corrected chi connectivity index (χ2v) is 7.85. The van der Waals surface area contributed by atoms with Crippen LogP contribution < -0.4 is 0 Å². The van der Waals surface area contributed by atoms with Gasteiger partial charge in [-0.25, -0.2) is 0 Å². The molecule has 1 aliphatic rings. The maximum atomic E-state index is 13.5. The van der Waals surface area contributed by atoms with Crippen molar-refractivity contribution in [3.05, 3.63) is 106 Å². The van der Waals surface area contributed by atoms with Gasteiger partial charge in [0.05, 0.1) is 5.56 Å². The highest BCUT2D eigenvalue weighted by Crippen LogP contribution is 2.29. The molecule has 30 heavy (non-hydrogen) atoms. The molecule has 0 aliphatic carbocycles. The SMILES string of the molecule is Cc1ccc2[nH]c3c(c2c1)CN(C(=O)c1ccccc1C(=O)c1ccccc1)CC3. The summed E-state index contributed by atoms with van der Waals surface area (Å²) in [6.45, 7) is 3.26. The summed E-state index contributed by atoms with van der Waals surface area (Å²) >= 11 is 0. The lowest BCUT2D eigenvalue weighted by atomic mass is 9.96. The van der Waals surface area contributed by atoms with Crippen molar-refractivity contribution in [1.82, 2.24) is 9.88 Å². The van der Waals surface area contributed by atoms with Gasteiger partial charge in [0.2, 0.25) is 0 Å². The highest BCUT2D eigenvalue weighted by Gasteiger charge is 2.27. The zero-order valence-corrected chi connectivity index (χ0v) is 16.8. The monoisotopic (exact) mass is 394 g/mol.